The zero-order valence-electron chi connectivity index (χ0n) is 11.1. The number of hydrogen-bond donors (Lipinski definition) is 1. The number of halogens is 1. The van der Waals surface area contributed by atoms with E-state index in [-0.39, 0.29) is 11.6 Å². The van der Waals surface area contributed by atoms with Crippen LogP contribution in [0.3, 0.4) is 0 Å². The van der Waals surface area contributed by atoms with Crippen LogP contribution in [0, 0.1) is 0 Å². The lowest BCUT2D eigenvalue weighted by molar-refractivity contribution is 0.000201. The first-order valence-electron chi connectivity index (χ1n) is 6.41. The Bertz CT molecular complexity index is 321. The summed E-state index contributed by atoms with van der Waals surface area (Å²) in [5.41, 5.74) is 0.719. The summed E-state index contributed by atoms with van der Waals surface area (Å²) in [5.74, 6) is 0. The minimum absolute atomic E-state index is 0.107. The van der Waals surface area contributed by atoms with Crippen molar-refractivity contribution in [3.05, 3.63) is 11.9 Å². The third-order valence-corrected chi connectivity index (χ3v) is 3.79. The maximum atomic E-state index is 12.7. The second kappa shape index (κ2) is 5.65. The van der Waals surface area contributed by atoms with Crippen molar-refractivity contribution in [2.45, 2.75) is 37.5 Å². The highest BCUT2D eigenvalue weighted by molar-refractivity contribution is 5.20. The van der Waals surface area contributed by atoms with E-state index in [1.165, 1.54) is 0 Å². The number of hydrogen-bond acceptors (Lipinski definition) is 4. The molecule has 104 valence electrons. The van der Waals surface area contributed by atoms with Crippen LogP contribution in [0.4, 0.5) is 4.39 Å². The van der Waals surface area contributed by atoms with Gasteiger partial charge in [0.2, 0.25) is 0 Å². The average Bonchev–Trinajstić information content (AvgIpc) is 2.79. The third-order valence-electron chi connectivity index (χ3n) is 3.79. The molecule has 2 rings (SSSR count). The fourth-order valence-corrected chi connectivity index (χ4v) is 3.13. The van der Waals surface area contributed by atoms with E-state index in [9.17, 15) is 9.50 Å². The summed E-state index contributed by atoms with van der Waals surface area (Å²) in [6.45, 7) is 4.11. The zero-order chi connectivity index (χ0) is 13.2. The molecule has 1 N–H and O–H groups in total. The Morgan fingerprint density at radius 1 is 1.67 bits per heavy atom. The van der Waals surface area contributed by atoms with Gasteiger partial charge in [-0.3, -0.25) is 4.90 Å². The van der Waals surface area contributed by atoms with Crippen LogP contribution in [0.5, 0.6) is 0 Å². The molecule has 2 heterocycles. The predicted molar refractivity (Wildman–Crippen MR) is 66.0 cm³/mol. The first kappa shape index (κ1) is 13.9. The lowest BCUT2D eigenvalue weighted by Crippen LogP contribution is -2.42. The monoisotopic (exact) mass is 259 g/mol. The van der Waals surface area contributed by atoms with Crippen molar-refractivity contribution in [2.75, 3.05) is 33.4 Å². The van der Waals surface area contributed by atoms with E-state index in [1.807, 2.05) is 0 Å². The van der Waals surface area contributed by atoms with Crippen LogP contribution in [0.15, 0.2) is 11.9 Å². The highest BCUT2D eigenvalue weighted by Crippen LogP contribution is 2.42. The fraction of sp³-hybridized carbons (Fsp3) is 0.846. The molecule has 2 aliphatic rings. The predicted octanol–water partition coefficient (Wildman–Crippen LogP) is 1.10. The average molecular weight is 259 g/mol. The van der Waals surface area contributed by atoms with Crippen LogP contribution in [0.1, 0.15) is 19.8 Å². The molecule has 0 saturated carbocycles. The number of nitrogens with zero attached hydrogens (tertiary/aromatic N) is 1. The summed E-state index contributed by atoms with van der Waals surface area (Å²) in [4.78, 5) is 2.24. The van der Waals surface area contributed by atoms with Gasteiger partial charge in [-0.2, -0.15) is 0 Å². The van der Waals surface area contributed by atoms with Crippen LogP contribution in [-0.2, 0) is 9.47 Å². The Kier molecular flexibility index (Phi) is 4.37. The highest BCUT2D eigenvalue weighted by Gasteiger charge is 2.50. The minimum atomic E-state index is -0.444. The fourth-order valence-electron chi connectivity index (χ4n) is 3.13. The molecule has 0 amide bonds. The van der Waals surface area contributed by atoms with Gasteiger partial charge in [-0.1, -0.05) is 0 Å². The number of aliphatic hydroxyl groups excluding tert-OH is 1. The minimum Gasteiger partial charge on any atom is -0.391 e. The smallest absolute Gasteiger partial charge is 0.0872 e. The highest BCUT2D eigenvalue weighted by atomic mass is 19.1. The Morgan fingerprint density at radius 2 is 2.44 bits per heavy atom. The molecule has 0 unspecified atom stereocenters. The van der Waals surface area contributed by atoms with E-state index in [4.69, 9.17) is 9.47 Å². The lowest BCUT2D eigenvalue weighted by Gasteiger charge is -2.30. The van der Waals surface area contributed by atoms with E-state index in [2.05, 4.69) is 4.90 Å². The van der Waals surface area contributed by atoms with Crippen molar-refractivity contribution in [2.24, 2.45) is 0 Å². The van der Waals surface area contributed by atoms with E-state index in [0.29, 0.717) is 26.2 Å². The number of methoxy groups -OCH3 is 1. The molecule has 0 bridgehead atoms. The van der Waals surface area contributed by atoms with Crippen LogP contribution in [-0.4, -0.2) is 61.2 Å². The van der Waals surface area contributed by atoms with Gasteiger partial charge < -0.3 is 14.6 Å². The van der Waals surface area contributed by atoms with E-state index in [0.717, 1.165) is 24.9 Å². The SMILES string of the molecule is COC[C@]12C/C(=C\F)CN1C[C@@H](OC[C@H](C)O)C2. The van der Waals surface area contributed by atoms with Gasteiger partial charge in [-0.05, 0) is 25.3 Å². The Morgan fingerprint density at radius 3 is 3.06 bits per heavy atom. The van der Waals surface area contributed by atoms with Crippen LogP contribution >= 0.6 is 0 Å². The molecule has 2 aliphatic heterocycles. The summed E-state index contributed by atoms with van der Waals surface area (Å²) in [7, 11) is 1.67. The van der Waals surface area contributed by atoms with E-state index < -0.39 is 6.10 Å². The summed E-state index contributed by atoms with van der Waals surface area (Å²) in [5, 5.41) is 9.24. The molecule has 5 heteroatoms. The maximum absolute atomic E-state index is 12.7. The molecule has 0 aromatic rings. The summed E-state index contributed by atoms with van der Waals surface area (Å²) < 4.78 is 23.7. The maximum Gasteiger partial charge on any atom is 0.0872 e. The zero-order valence-corrected chi connectivity index (χ0v) is 11.1. The van der Waals surface area contributed by atoms with Gasteiger partial charge in [0.05, 0.1) is 37.3 Å². The van der Waals surface area contributed by atoms with Crippen molar-refractivity contribution < 1.29 is 19.0 Å². The Hall–Kier alpha value is -0.490. The molecular weight excluding hydrogens is 237 g/mol. The first-order valence-corrected chi connectivity index (χ1v) is 6.41. The van der Waals surface area contributed by atoms with Crippen LogP contribution < -0.4 is 0 Å². The number of rotatable bonds is 5. The summed E-state index contributed by atoms with van der Waals surface area (Å²) in [6.07, 6.45) is 1.94. The molecule has 0 aliphatic carbocycles. The standard InChI is InChI=1S/C13H22FNO3/c1-10(16)8-18-12-4-13(9-17-2)3-11(5-14)6-15(13)7-12/h5,10,12,16H,3-4,6-9H2,1-2H3/b11-5+/t10-,12-,13+/m0/s1. The quantitative estimate of drug-likeness (QED) is 0.803. The van der Waals surface area contributed by atoms with E-state index >= 15 is 0 Å². The Labute approximate surface area is 107 Å². The van der Waals surface area contributed by atoms with Crippen molar-refractivity contribution in [1.29, 1.82) is 0 Å². The topological polar surface area (TPSA) is 41.9 Å². The van der Waals surface area contributed by atoms with Crippen molar-refractivity contribution in [3.63, 3.8) is 0 Å². The van der Waals surface area contributed by atoms with Crippen molar-refractivity contribution in [1.82, 2.24) is 4.90 Å². The number of aliphatic hydroxyl groups is 1. The van der Waals surface area contributed by atoms with Gasteiger partial charge in [0.1, 0.15) is 0 Å². The van der Waals surface area contributed by atoms with Gasteiger partial charge in [0.15, 0.2) is 0 Å². The van der Waals surface area contributed by atoms with Gasteiger partial charge in [-0.15, -0.1) is 0 Å². The Balaban J connectivity index is 1.98. The molecular formula is C13H22FNO3. The second-order valence-electron chi connectivity index (χ2n) is 5.49. The van der Waals surface area contributed by atoms with Crippen LogP contribution in [0.25, 0.3) is 0 Å². The molecule has 2 saturated heterocycles. The van der Waals surface area contributed by atoms with Crippen molar-refractivity contribution in [3.8, 4) is 0 Å². The molecule has 0 aromatic carbocycles. The molecule has 18 heavy (non-hydrogen) atoms. The van der Waals surface area contributed by atoms with Gasteiger partial charge in [0, 0.05) is 20.2 Å². The molecule has 0 radical (unpaired) electrons. The molecule has 2 fully saturated rings. The van der Waals surface area contributed by atoms with Gasteiger partial charge in [-0.25, -0.2) is 4.39 Å². The largest absolute Gasteiger partial charge is 0.391 e. The van der Waals surface area contributed by atoms with Crippen LogP contribution in [0.2, 0.25) is 0 Å². The molecule has 0 spiro atoms. The summed E-state index contributed by atoms with van der Waals surface area (Å²) >= 11 is 0. The van der Waals surface area contributed by atoms with E-state index in [1.54, 1.807) is 14.0 Å². The number of ether oxygens (including phenoxy) is 2. The summed E-state index contributed by atoms with van der Waals surface area (Å²) in [6, 6.07) is 0. The number of fused-ring (bicyclic) bond motifs is 1. The first-order chi connectivity index (χ1) is 8.59. The molecule has 4 nitrogen and oxygen atoms in total. The normalized spacial score (nSPS) is 36.2. The molecule has 3 atom stereocenters. The van der Waals surface area contributed by atoms with Crippen molar-refractivity contribution >= 4 is 0 Å². The lowest BCUT2D eigenvalue weighted by atomic mass is 9.93. The van der Waals surface area contributed by atoms with Gasteiger partial charge >= 0.3 is 0 Å². The van der Waals surface area contributed by atoms with Gasteiger partial charge in [0.25, 0.3) is 0 Å². The third kappa shape index (κ3) is 2.74. The molecule has 0 aromatic heterocycles. The second-order valence-corrected chi connectivity index (χ2v) is 5.49.